The normalized spacial score (nSPS) is 22.5. The highest BCUT2D eigenvalue weighted by Gasteiger charge is 2.37. The molecule has 3 N–H and O–H groups in total. The van der Waals surface area contributed by atoms with Crippen molar-refractivity contribution in [2.45, 2.75) is 58.1 Å². The van der Waals surface area contributed by atoms with Crippen molar-refractivity contribution >= 4 is 11.9 Å². The molecule has 5 nitrogen and oxygen atoms in total. The number of aliphatic hydroxyl groups excluding tert-OH is 1. The van der Waals surface area contributed by atoms with Crippen LogP contribution in [0.4, 0.5) is 0 Å². The van der Waals surface area contributed by atoms with E-state index in [4.69, 9.17) is 5.11 Å². The SMILES string of the molecule is C[C@@H](O)[C@H](NC(=O)C1(C)CCCCC1)C(=O)O. The Bertz CT molecular complexity index is 295. The van der Waals surface area contributed by atoms with Crippen LogP contribution >= 0.6 is 0 Å². The molecule has 1 aliphatic carbocycles. The molecule has 1 rings (SSSR count). The molecule has 17 heavy (non-hydrogen) atoms. The number of carboxylic acids is 1. The maximum absolute atomic E-state index is 12.1. The van der Waals surface area contributed by atoms with Crippen LogP contribution in [-0.4, -0.2) is 34.2 Å². The van der Waals surface area contributed by atoms with Crippen LogP contribution in [0.25, 0.3) is 0 Å². The second-order valence-corrected chi connectivity index (χ2v) is 5.15. The first kappa shape index (κ1) is 14.0. The van der Waals surface area contributed by atoms with Crippen molar-refractivity contribution in [2.24, 2.45) is 5.41 Å². The van der Waals surface area contributed by atoms with Gasteiger partial charge in [-0.3, -0.25) is 4.79 Å². The third-order valence-electron chi connectivity index (χ3n) is 3.54. The van der Waals surface area contributed by atoms with Crippen molar-refractivity contribution in [3.63, 3.8) is 0 Å². The number of nitrogens with one attached hydrogen (secondary N) is 1. The highest BCUT2D eigenvalue weighted by Crippen LogP contribution is 2.35. The van der Waals surface area contributed by atoms with E-state index >= 15 is 0 Å². The van der Waals surface area contributed by atoms with E-state index in [9.17, 15) is 14.7 Å². The van der Waals surface area contributed by atoms with E-state index < -0.39 is 23.5 Å². The molecular weight excluding hydrogens is 222 g/mol. The molecule has 0 aliphatic heterocycles. The minimum atomic E-state index is -1.22. The lowest BCUT2D eigenvalue weighted by atomic mass is 9.75. The number of carbonyl (C=O) groups excluding carboxylic acids is 1. The highest BCUT2D eigenvalue weighted by atomic mass is 16.4. The number of amides is 1. The van der Waals surface area contributed by atoms with Crippen LogP contribution in [0.15, 0.2) is 0 Å². The summed E-state index contributed by atoms with van der Waals surface area (Å²) < 4.78 is 0. The third kappa shape index (κ3) is 3.43. The van der Waals surface area contributed by atoms with Gasteiger partial charge in [-0.05, 0) is 19.8 Å². The van der Waals surface area contributed by atoms with Gasteiger partial charge in [0, 0.05) is 5.41 Å². The maximum atomic E-state index is 12.1. The number of carboxylic acid groups (broad SMARTS) is 1. The van der Waals surface area contributed by atoms with Gasteiger partial charge in [0.2, 0.25) is 5.91 Å². The van der Waals surface area contributed by atoms with Crippen LogP contribution in [0, 0.1) is 5.41 Å². The first-order chi connectivity index (χ1) is 7.87. The molecule has 0 aromatic carbocycles. The van der Waals surface area contributed by atoms with Gasteiger partial charge in [0.15, 0.2) is 6.04 Å². The largest absolute Gasteiger partial charge is 0.480 e. The highest BCUT2D eigenvalue weighted by molar-refractivity contribution is 5.87. The van der Waals surface area contributed by atoms with E-state index in [0.29, 0.717) is 0 Å². The Morgan fingerprint density at radius 1 is 1.24 bits per heavy atom. The summed E-state index contributed by atoms with van der Waals surface area (Å²) in [6.45, 7) is 3.23. The summed E-state index contributed by atoms with van der Waals surface area (Å²) in [5.41, 5.74) is -0.485. The monoisotopic (exact) mass is 243 g/mol. The zero-order valence-electron chi connectivity index (χ0n) is 10.4. The number of hydrogen-bond donors (Lipinski definition) is 3. The third-order valence-corrected chi connectivity index (χ3v) is 3.54. The van der Waals surface area contributed by atoms with Gasteiger partial charge in [0.05, 0.1) is 6.10 Å². The summed E-state index contributed by atoms with van der Waals surface area (Å²) in [6.07, 6.45) is 3.59. The number of aliphatic hydroxyl groups is 1. The van der Waals surface area contributed by atoms with Gasteiger partial charge >= 0.3 is 5.97 Å². The number of hydrogen-bond acceptors (Lipinski definition) is 3. The summed E-state index contributed by atoms with van der Waals surface area (Å²) in [5.74, 6) is -1.46. The van der Waals surface area contributed by atoms with Gasteiger partial charge in [-0.15, -0.1) is 0 Å². The average molecular weight is 243 g/mol. The van der Waals surface area contributed by atoms with E-state index in [1.807, 2.05) is 6.92 Å². The van der Waals surface area contributed by atoms with Gasteiger partial charge in [-0.1, -0.05) is 26.2 Å². The molecule has 1 saturated carbocycles. The molecule has 5 heteroatoms. The van der Waals surface area contributed by atoms with Gasteiger partial charge in [0.25, 0.3) is 0 Å². The van der Waals surface area contributed by atoms with Crippen molar-refractivity contribution in [1.82, 2.24) is 5.32 Å². The van der Waals surface area contributed by atoms with Gasteiger partial charge in [0.1, 0.15) is 0 Å². The minimum absolute atomic E-state index is 0.259. The van der Waals surface area contributed by atoms with E-state index in [-0.39, 0.29) is 5.91 Å². The summed E-state index contributed by atoms with van der Waals surface area (Å²) in [6, 6.07) is -1.22. The van der Waals surface area contributed by atoms with E-state index in [1.54, 1.807) is 0 Å². The van der Waals surface area contributed by atoms with Crippen LogP contribution in [-0.2, 0) is 9.59 Å². The summed E-state index contributed by atoms with van der Waals surface area (Å²) in [5, 5.41) is 20.7. The Morgan fingerprint density at radius 3 is 2.18 bits per heavy atom. The molecule has 0 aromatic heterocycles. The predicted molar refractivity (Wildman–Crippen MR) is 62.4 cm³/mol. The molecule has 0 bridgehead atoms. The molecule has 0 unspecified atom stereocenters. The molecule has 2 atom stereocenters. The van der Waals surface area contributed by atoms with Crippen molar-refractivity contribution < 1.29 is 19.8 Å². The number of carbonyl (C=O) groups is 2. The second-order valence-electron chi connectivity index (χ2n) is 5.15. The Hall–Kier alpha value is -1.10. The van der Waals surface area contributed by atoms with E-state index in [0.717, 1.165) is 32.1 Å². The van der Waals surface area contributed by atoms with E-state index in [1.165, 1.54) is 6.92 Å². The van der Waals surface area contributed by atoms with Crippen molar-refractivity contribution in [3.8, 4) is 0 Å². The Morgan fingerprint density at radius 2 is 1.76 bits per heavy atom. The lowest BCUT2D eigenvalue weighted by molar-refractivity contribution is -0.147. The summed E-state index contributed by atoms with van der Waals surface area (Å²) in [4.78, 5) is 22.9. The lowest BCUT2D eigenvalue weighted by Crippen LogP contribution is -2.52. The van der Waals surface area contributed by atoms with Gasteiger partial charge in [-0.25, -0.2) is 4.79 Å². The zero-order chi connectivity index (χ0) is 13.1. The van der Waals surface area contributed by atoms with Gasteiger partial charge in [-0.2, -0.15) is 0 Å². The van der Waals surface area contributed by atoms with Crippen LogP contribution in [0.2, 0.25) is 0 Å². The van der Waals surface area contributed by atoms with E-state index in [2.05, 4.69) is 5.32 Å². The molecule has 0 heterocycles. The quantitative estimate of drug-likeness (QED) is 0.685. The zero-order valence-corrected chi connectivity index (χ0v) is 10.4. The number of rotatable bonds is 4. The standard InChI is InChI=1S/C12H21NO4/c1-8(14)9(10(15)16)13-11(17)12(2)6-4-3-5-7-12/h8-9,14H,3-7H2,1-2H3,(H,13,17)(H,15,16)/t8-,9+/m1/s1. The molecule has 1 amide bonds. The van der Waals surface area contributed by atoms with Crippen molar-refractivity contribution in [3.05, 3.63) is 0 Å². The maximum Gasteiger partial charge on any atom is 0.328 e. The molecule has 0 aromatic rings. The molecule has 0 saturated heterocycles. The fourth-order valence-electron chi connectivity index (χ4n) is 2.26. The molecule has 0 radical (unpaired) electrons. The molecule has 0 spiro atoms. The van der Waals surface area contributed by atoms with Crippen molar-refractivity contribution in [2.75, 3.05) is 0 Å². The average Bonchev–Trinajstić information content (AvgIpc) is 2.25. The smallest absolute Gasteiger partial charge is 0.328 e. The van der Waals surface area contributed by atoms with Crippen LogP contribution < -0.4 is 5.32 Å². The first-order valence-electron chi connectivity index (χ1n) is 6.09. The molecular formula is C12H21NO4. The minimum Gasteiger partial charge on any atom is -0.480 e. The Kier molecular flexibility index (Phi) is 4.51. The van der Waals surface area contributed by atoms with Crippen LogP contribution in [0.3, 0.4) is 0 Å². The topological polar surface area (TPSA) is 86.6 Å². The molecule has 1 aliphatic rings. The van der Waals surface area contributed by atoms with Crippen molar-refractivity contribution in [1.29, 1.82) is 0 Å². The lowest BCUT2D eigenvalue weighted by Gasteiger charge is -2.33. The van der Waals surface area contributed by atoms with Gasteiger partial charge < -0.3 is 15.5 Å². The molecule has 1 fully saturated rings. The Labute approximate surface area is 101 Å². The number of aliphatic carboxylic acids is 1. The fraction of sp³-hybridized carbons (Fsp3) is 0.833. The predicted octanol–water partition coefficient (Wildman–Crippen LogP) is 0.907. The Balaban J connectivity index is 2.66. The second kappa shape index (κ2) is 5.49. The van der Waals surface area contributed by atoms with Crippen LogP contribution in [0.5, 0.6) is 0 Å². The molecule has 98 valence electrons. The summed E-state index contributed by atoms with van der Waals surface area (Å²) in [7, 11) is 0. The fourth-order valence-corrected chi connectivity index (χ4v) is 2.26. The summed E-state index contributed by atoms with van der Waals surface area (Å²) >= 11 is 0. The van der Waals surface area contributed by atoms with Crippen LogP contribution in [0.1, 0.15) is 46.0 Å². The first-order valence-corrected chi connectivity index (χ1v) is 6.09.